The maximum Gasteiger partial charge on any atom is 0.170 e. The lowest BCUT2D eigenvalue weighted by atomic mass is 10.1. The summed E-state index contributed by atoms with van der Waals surface area (Å²) in [6.45, 7) is 4.78. The number of aryl methyl sites for hydroxylation is 2. The first-order valence-electron chi connectivity index (χ1n) is 6.90. The summed E-state index contributed by atoms with van der Waals surface area (Å²) in [7, 11) is 0. The number of halogens is 1. The molecule has 0 aliphatic carbocycles. The Morgan fingerprint density at radius 1 is 1.10 bits per heavy atom. The van der Waals surface area contributed by atoms with Gasteiger partial charge in [-0.15, -0.1) is 0 Å². The molecule has 0 saturated carbocycles. The zero-order chi connectivity index (χ0) is 15.2. The van der Waals surface area contributed by atoms with Crippen LogP contribution in [0.2, 0.25) is 0 Å². The number of anilines is 1. The summed E-state index contributed by atoms with van der Waals surface area (Å²) in [5, 5.41) is 6.88. The van der Waals surface area contributed by atoms with E-state index in [1.165, 1.54) is 17.2 Å². The molecule has 0 atom stereocenters. The van der Waals surface area contributed by atoms with E-state index in [0.717, 1.165) is 17.7 Å². The molecule has 21 heavy (non-hydrogen) atoms. The highest BCUT2D eigenvalue weighted by Gasteiger charge is 2.00. The lowest BCUT2D eigenvalue weighted by Crippen LogP contribution is -2.30. The molecular weight excluding hydrogens is 283 g/mol. The van der Waals surface area contributed by atoms with E-state index in [1.807, 2.05) is 18.2 Å². The lowest BCUT2D eigenvalue weighted by molar-refractivity contribution is 0.625. The van der Waals surface area contributed by atoms with E-state index in [9.17, 15) is 4.39 Å². The molecule has 2 aromatic rings. The molecule has 0 spiro atoms. The minimum absolute atomic E-state index is 0.205. The van der Waals surface area contributed by atoms with Gasteiger partial charge in [-0.25, -0.2) is 4.39 Å². The summed E-state index contributed by atoms with van der Waals surface area (Å²) < 4.78 is 13.1. The van der Waals surface area contributed by atoms with Gasteiger partial charge in [0.25, 0.3) is 0 Å². The molecule has 2 aromatic carbocycles. The molecule has 0 heterocycles. The van der Waals surface area contributed by atoms with Gasteiger partial charge in [-0.05, 0) is 73.4 Å². The van der Waals surface area contributed by atoms with Crippen LogP contribution in [0.1, 0.15) is 16.7 Å². The highest BCUT2D eigenvalue weighted by Crippen LogP contribution is 2.13. The third-order valence-corrected chi connectivity index (χ3v) is 3.31. The first kappa shape index (κ1) is 15.4. The first-order chi connectivity index (χ1) is 10.0. The van der Waals surface area contributed by atoms with Crippen LogP contribution in [0.15, 0.2) is 42.5 Å². The fourth-order valence-corrected chi connectivity index (χ4v) is 2.45. The van der Waals surface area contributed by atoms with E-state index in [2.05, 4.69) is 30.5 Å². The van der Waals surface area contributed by atoms with Crippen molar-refractivity contribution in [1.29, 1.82) is 0 Å². The van der Waals surface area contributed by atoms with Crippen molar-refractivity contribution in [2.75, 3.05) is 11.9 Å². The standard InChI is InChI=1S/C17H19FN2S/c1-12-8-13(2)10-16(9-12)20-17(21)19-7-6-14-4-3-5-15(18)11-14/h3-5,8-11H,6-7H2,1-2H3,(H2,19,20,21). The number of hydrogen-bond acceptors (Lipinski definition) is 1. The molecule has 0 amide bonds. The third kappa shape index (κ3) is 5.16. The Hall–Kier alpha value is -1.94. The Labute approximate surface area is 130 Å². The van der Waals surface area contributed by atoms with Crippen LogP contribution in [-0.2, 0) is 6.42 Å². The Morgan fingerprint density at radius 3 is 2.48 bits per heavy atom. The summed E-state index contributed by atoms with van der Waals surface area (Å²) in [6.07, 6.45) is 0.729. The second-order valence-electron chi connectivity index (χ2n) is 5.14. The summed E-state index contributed by atoms with van der Waals surface area (Å²) in [6, 6.07) is 12.8. The zero-order valence-electron chi connectivity index (χ0n) is 12.2. The van der Waals surface area contributed by atoms with Gasteiger partial charge >= 0.3 is 0 Å². The van der Waals surface area contributed by atoms with E-state index in [4.69, 9.17) is 12.2 Å². The minimum Gasteiger partial charge on any atom is -0.362 e. The molecule has 0 radical (unpaired) electrons. The predicted octanol–water partition coefficient (Wildman–Crippen LogP) is 3.97. The maximum absolute atomic E-state index is 13.1. The normalized spacial score (nSPS) is 10.2. The second-order valence-corrected chi connectivity index (χ2v) is 5.55. The van der Waals surface area contributed by atoms with Crippen molar-refractivity contribution in [3.63, 3.8) is 0 Å². The van der Waals surface area contributed by atoms with Crippen molar-refractivity contribution in [3.05, 3.63) is 65.0 Å². The molecule has 0 fully saturated rings. The van der Waals surface area contributed by atoms with Crippen molar-refractivity contribution < 1.29 is 4.39 Å². The average molecular weight is 302 g/mol. The van der Waals surface area contributed by atoms with Crippen LogP contribution >= 0.6 is 12.2 Å². The zero-order valence-corrected chi connectivity index (χ0v) is 13.1. The molecule has 0 aliphatic heterocycles. The Bertz CT molecular complexity index is 620. The predicted molar refractivity (Wildman–Crippen MR) is 90.2 cm³/mol. The molecule has 2 rings (SSSR count). The van der Waals surface area contributed by atoms with Gasteiger partial charge in [0.1, 0.15) is 5.82 Å². The van der Waals surface area contributed by atoms with Crippen LogP contribution in [-0.4, -0.2) is 11.7 Å². The molecule has 2 N–H and O–H groups in total. The van der Waals surface area contributed by atoms with E-state index < -0.39 is 0 Å². The molecule has 0 aromatic heterocycles. The molecule has 110 valence electrons. The fourth-order valence-electron chi connectivity index (χ4n) is 2.23. The maximum atomic E-state index is 13.1. The average Bonchev–Trinajstić information content (AvgIpc) is 2.37. The smallest absolute Gasteiger partial charge is 0.170 e. The number of benzene rings is 2. The van der Waals surface area contributed by atoms with Crippen LogP contribution in [0.5, 0.6) is 0 Å². The van der Waals surface area contributed by atoms with Crippen LogP contribution < -0.4 is 10.6 Å². The Morgan fingerprint density at radius 2 is 1.81 bits per heavy atom. The summed E-state index contributed by atoms with van der Waals surface area (Å²) in [5.41, 5.74) is 4.33. The van der Waals surface area contributed by atoms with Gasteiger partial charge in [0.2, 0.25) is 0 Å². The molecule has 0 unspecified atom stereocenters. The van der Waals surface area contributed by atoms with Gasteiger partial charge in [0, 0.05) is 12.2 Å². The Balaban J connectivity index is 1.82. The van der Waals surface area contributed by atoms with E-state index >= 15 is 0 Å². The Kier molecular flexibility index (Phi) is 5.28. The van der Waals surface area contributed by atoms with Gasteiger partial charge in [-0.2, -0.15) is 0 Å². The van der Waals surface area contributed by atoms with Gasteiger partial charge in [-0.1, -0.05) is 18.2 Å². The van der Waals surface area contributed by atoms with Crippen molar-refractivity contribution in [1.82, 2.24) is 5.32 Å². The second kappa shape index (κ2) is 7.18. The first-order valence-corrected chi connectivity index (χ1v) is 7.31. The molecular formula is C17H19FN2S. The van der Waals surface area contributed by atoms with E-state index in [1.54, 1.807) is 12.1 Å². The third-order valence-electron chi connectivity index (χ3n) is 3.07. The lowest BCUT2D eigenvalue weighted by Gasteiger charge is -2.12. The minimum atomic E-state index is -0.205. The van der Waals surface area contributed by atoms with E-state index in [-0.39, 0.29) is 5.82 Å². The molecule has 0 aliphatic rings. The van der Waals surface area contributed by atoms with Crippen molar-refractivity contribution >= 4 is 23.0 Å². The number of hydrogen-bond donors (Lipinski definition) is 2. The van der Waals surface area contributed by atoms with Crippen molar-refractivity contribution in [3.8, 4) is 0 Å². The molecule has 0 saturated heterocycles. The van der Waals surface area contributed by atoms with Gasteiger partial charge in [0.05, 0.1) is 0 Å². The van der Waals surface area contributed by atoms with Gasteiger partial charge in [0.15, 0.2) is 5.11 Å². The topological polar surface area (TPSA) is 24.1 Å². The van der Waals surface area contributed by atoms with E-state index in [0.29, 0.717) is 11.7 Å². The number of thiocarbonyl (C=S) groups is 1. The highest BCUT2D eigenvalue weighted by molar-refractivity contribution is 7.80. The molecule has 4 heteroatoms. The highest BCUT2D eigenvalue weighted by atomic mass is 32.1. The SMILES string of the molecule is Cc1cc(C)cc(NC(=S)NCCc2cccc(F)c2)c1. The van der Waals surface area contributed by atoms with Crippen molar-refractivity contribution in [2.45, 2.75) is 20.3 Å². The van der Waals surface area contributed by atoms with Crippen LogP contribution in [0.4, 0.5) is 10.1 Å². The van der Waals surface area contributed by atoms with Crippen LogP contribution in [0, 0.1) is 19.7 Å². The van der Waals surface area contributed by atoms with Gasteiger partial charge < -0.3 is 10.6 Å². The van der Waals surface area contributed by atoms with Crippen LogP contribution in [0.3, 0.4) is 0 Å². The molecule has 0 bridgehead atoms. The monoisotopic (exact) mass is 302 g/mol. The van der Waals surface area contributed by atoms with Crippen molar-refractivity contribution in [2.24, 2.45) is 0 Å². The quantitative estimate of drug-likeness (QED) is 0.836. The number of rotatable bonds is 4. The van der Waals surface area contributed by atoms with Gasteiger partial charge in [-0.3, -0.25) is 0 Å². The summed E-state index contributed by atoms with van der Waals surface area (Å²) in [5.74, 6) is -0.205. The fraction of sp³-hybridized carbons (Fsp3) is 0.235. The molecule has 2 nitrogen and oxygen atoms in total. The largest absolute Gasteiger partial charge is 0.362 e. The van der Waals surface area contributed by atoms with Crippen LogP contribution in [0.25, 0.3) is 0 Å². The number of nitrogens with one attached hydrogen (secondary N) is 2. The summed E-state index contributed by atoms with van der Waals surface area (Å²) in [4.78, 5) is 0. The summed E-state index contributed by atoms with van der Waals surface area (Å²) >= 11 is 5.27.